The molecule has 0 atom stereocenters. The molecule has 17 heavy (non-hydrogen) atoms. The topological polar surface area (TPSA) is 60.9 Å². The maximum absolute atomic E-state index is 11.7. The van der Waals surface area contributed by atoms with Gasteiger partial charge in [0.1, 0.15) is 6.54 Å². The second kappa shape index (κ2) is 4.55. The first-order valence-corrected chi connectivity index (χ1v) is 5.44. The Balaban J connectivity index is 2.24. The quantitative estimate of drug-likeness (QED) is 0.848. The standard InChI is InChI=1S/C12H14N2O3/c1-9-2-4-10(5-3-9)14-11(15)6-7-13(14)8-12(16)17/h2-5H,6-8H2,1H3,(H,16,17). The molecule has 1 amide bonds. The van der Waals surface area contributed by atoms with Crippen LogP contribution in [0.3, 0.4) is 0 Å². The molecule has 1 heterocycles. The highest BCUT2D eigenvalue weighted by molar-refractivity contribution is 5.95. The first-order chi connectivity index (χ1) is 8.08. The Kier molecular flexibility index (Phi) is 3.10. The van der Waals surface area contributed by atoms with Crippen LogP contribution in [0.1, 0.15) is 12.0 Å². The van der Waals surface area contributed by atoms with Crippen molar-refractivity contribution in [1.82, 2.24) is 5.01 Å². The van der Waals surface area contributed by atoms with E-state index in [1.54, 1.807) is 5.01 Å². The lowest BCUT2D eigenvalue weighted by Gasteiger charge is -2.26. The van der Waals surface area contributed by atoms with Gasteiger partial charge in [-0.05, 0) is 19.1 Å². The summed E-state index contributed by atoms with van der Waals surface area (Å²) in [5, 5.41) is 11.8. The minimum atomic E-state index is -0.934. The van der Waals surface area contributed by atoms with E-state index >= 15 is 0 Å². The van der Waals surface area contributed by atoms with Gasteiger partial charge in [0, 0.05) is 13.0 Å². The minimum absolute atomic E-state index is 0.0601. The largest absolute Gasteiger partial charge is 0.480 e. The summed E-state index contributed by atoms with van der Waals surface area (Å²) in [6, 6.07) is 7.46. The Labute approximate surface area is 99.2 Å². The van der Waals surface area contributed by atoms with Gasteiger partial charge in [0.05, 0.1) is 5.69 Å². The first-order valence-electron chi connectivity index (χ1n) is 5.44. The van der Waals surface area contributed by atoms with E-state index < -0.39 is 5.97 Å². The van der Waals surface area contributed by atoms with Gasteiger partial charge in [0.15, 0.2) is 0 Å². The molecule has 0 bridgehead atoms. The monoisotopic (exact) mass is 234 g/mol. The van der Waals surface area contributed by atoms with Gasteiger partial charge in [-0.3, -0.25) is 9.59 Å². The van der Waals surface area contributed by atoms with Crippen LogP contribution in [0.2, 0.25) is 0 Å². The summed E-state index contributed by atoms with van der Waals surface area (Å²) >= 11 is 0. The van der Waals surface area contributed by atoms with Gasteiger partial charge in [0.25, 0.3) is 0 Å². The molecule has 5 nitrogen and oxygen atoms in total. The van der Waals surface area contributed by atoms with Gasteiger partial charge in [-0.2, -0.15) is 0 Å². The van der Waals surface area contributed by atoms with Crippen LogP contribution in [0.4, 0.5) is 5.69 Å². The summed E-state index contributed by atoms with van der Waals surface area (Å²) in [6.07, 6.45) is 0.362. The number of benzene rings is 1. The van der Waals surface area contributed by atoms with Crippen LogP contribution >= 0.6 is 0 Å². The highest BCUT2D eigenvalue weighted by atomic mass is 16.4. The number of nitrogens with zero attached hydrogens (tertiary/aromatic N) is 2. The maximum Gasteiger partial charge on any atom is 0.319 e. The van der Waals surface area contributed by atoms with Crippen molar-refractivity contribution < 1.29 is 14.7 Å². The van der Waals surface area contributed by atoms with E-state index in [4.69, 9.17) is 5.11 Å². The SMILES string of the molecule is Cc1ccc(N2C(=O)CCN2CC(=O)O)cc1. The molecule has 0 aliphatic carbocycles. The van der Waals surface area contributed by atoms with Crippen molar-refractivity contribution in [3.63, 3.8) is 0 Å². The average Bonchev–Trinajstić information content (AvgIpc) is 2.61. The van der Waals surface area contributed by atoms with Gasteiger partial charge in [-0.1, -0.05) is 17.7 Å². The Morgan fingerprint density at radius 1 is 1.35 bits per heavy atom. The number of aryl methyl sites for hydroxylation is 1. The fourth-order valence-corrected chi connectivity index (χ4v) is 1.89. The molecule has 1 aromatic carbocycles. The highest BCUT2D eigenvalue weighted by Crippen LogP contribution is 2.22. The average molecular weight is 234 g/mol. The summed E-state index contributed by atoms with van der Waals surface area (Å²) in [4.78, 5) is 22.5. The number of hydrogen-bond donors (Lipinski definition) is 1. The number of anilines is 1. The third-order valence-corrected chi connectivity index (χ3v) is 2.70. The summed E-state index contributed by atoms with van der Waals surface area (Å²) in [5.74, 6) is -0.994. The molecule has 1 aromatic rings. The van der Waals surface area contributed by atoms with E-state index in [-0.39, 0.29) is 12.5 Å². The Morgan fingerprint density at radius 3 is 2.59 bits per heavy atom. The van der Waals surface area contributed by atoms with Crippen molar-refractivity contribution in [1.29, 1.82) is 0 Å². The molecular weight excluding hydrogens is 220 g/mol. The number of rotatable bonds is 3. The minimum Gasteiger partial charge on any atom is -0.480 e. The molecule has 1 saturated heterocycles. The molecule has 0 saturated carbocycles. The summed E-state index contributed by atoms with van der Waals surface area (Å²) < 4.78 is 0. The number of carboxylic acids is 1. The normalized spacial score (nSPS) is 16.5. The van der Waals surface area contributed by atoms with Crippen molar-refractivity contribution >= 4 is 17.6 Å². The van der Waals surface area contributed by atoms with Gasteiger partial charge in [-0.15, -0.1) is 0 Å². The van der Waals surface area contributed by atoms with E-state index in [1.165, 1.54) is 5.01 Å². The number of hydrogen-bond acceptors (Lipinski definition) is 3. The molecule has 90 valence electrons. The van der Waals surface area contributed by atoms with Gasteiger partial charge in [0.2, 0.25) is 5.91 Å². The lowest BCUT2D eigenvalue weighted by Crippen LogP contribution is -2.42. The van der Waals surface area contributed by atoms with Crippen molar-refractivity contribution in [2.24, 2.45) is 0 Å². The summed E-state index contributed by atoms with van der Waals surface area (Å²) in [7, 11) is 0. The van der Waals surface area contributed by atoms with Crippen LogP contribution in [0, 0.1) is 6.92 Å². The molecule has 1 aliphatic heterocycles. The maximum atomic E-state index is 11.7. The lowest BCUT2D eigenvalue weighted by molar-refractivity contribution is -0.138. The van der Waals surface area contributed by atoms with E-state index in [1.807, 2.05) is 31.2 Å². The zero-order valence-corrected chi connectivity index (χ0v) is 9.59. The Hall–Kier alpha value is -1.88. The van der Waals surface area contributed by atoms with Crippen LogP contribution in [-0.4, -0.2) is 35.1 Å². The summed E-state index contributed by atoms with van der Waals surface area (Å²) in [5.41, 5.74) is 1.82. The molecule has 0 unspecified atom stereocenters. The van der Waals surface area contributed by atoms with Gasteiger partial charge >= 0.3 is 5.97 Å². The van der Waals surface area contributed by atoms with Crippen LogP contribution in [0.5, 0.6) is 0 Å². The van der Waals surface area contributed by atoms with Crippen molar-refractivity contribution in [2.75, 3.05) is 18.1 Å². The molecule has 0 radical (unpaired) electrons. The fourth-order valence-electron chi connectivity index (χ4n) is 1.89. The zero-order valence-electron chi connectivity index (χ0n) is 9.59. The number of aliphatic carboxylic acids is 1. The number of carbonyl (C=O) groups excluding carboxylic acids is 1. The number of carbonyl (C=O) groups is 2. The van der Waals surface area contributed by atoms with Crippen molar-refractivity contribution in [2.45, 2.75) is 13.3 Å². The number of hydrazine groups is 1. The first kappa shape index (κ1) is 11.6. The van der Waals surface area contributed by atoms with E-state index in [0.29, 0.717) is 13.0 Å². The molecule has 0 aromatic heterocycles. The molecule has 5 heteroatoms. The van der Waals surface area contributed by atoms with Crippen LogP contribution in [0.15, 0.2) is 24.3 Å². The van der Waals surface area contributed by atoms with Crippen LogP contribution < -0.4 is 5.01 Å². The van der Waals surface area contributed by atoms with Crippen molar-refractivity contribution in [3.8, 4) is 0 Å². The predicted molar refractivity (Wildman–Crippen MR) is 62.5 cm³/mol. The van der Waals surface area contributed by atoms with Gasteiger partial charge < -0.3 is 5.11 Å². The number of amides is 1. The van der Waals surface area contributed by atoms with Crippen LogP contribution in [-0.2, 0) is 9.59 Å². The summed E-state index contributed by atoms with van der Waals surface area (Å²) in [6.45, 7) is 2.27. The molecule has 0 spiro atoms. The molecule has 2 rings (SSSR count). The molecular formula is C12H14N2O3. The second-order valence-electron chi connectivity index (χ2n) is 4.07. The lowest BCUT2D eigenvalue weighted by atomic mass is 10.2. The Morgan fingerprint density at radius 2 is 2.00 bits per heavy atom. The fraction of sp³-hybridized carbons (Fsp3) is 0.333. The molecule has 1 N–H and O–H groups in total. The highest BCUT2D eigenvalue weighted by Gasteiger charge is 2.31. The Bertz CT molecular complexity index is 442. The van der Waals surface area contributed by atoms with E-state index in [2.05, 4.69) is 0 Å². The molecule has 1 fully saturated rings. The zero-order chi connectivity index (χ0) is 12.4. The smallest absolute Gasteiger partial charge is 0.319 e. The van der Waals surface area contributed by atoms with Crippen molar-refractivity contribution in [3.05, 3.63) is 29.8 Å². The van der Waals surface area contributed by atoms with Crippen LogP contribution in [0.25, 0.3) is 0 Å². The second-order valence-corrected chi connectivity index (χ2v) is 4.07. The van der Waals surface area contributed by atoms with E-state index in [0.717, 1.165) is 11.3 Å². The predicted octanol–water partition coefficient (Wildman–Crippen LogP) is 1.03. The third-order valence-electron chi connectivity index (χ3n) is 2.70. The van der Waals surface area contributed by atoms with Gasteiger partial charge in [-0.25, -0.2) is 10.0 Å². The number of carboxylic acid groups (broad SMARTS) is 1. The van der Waals surface area contributed by atoms with E-state index in [9.17, 15) is 9.59 Å². The third kappa shape index (κ3) is 2.45. The molecule has 1 aliphatic rings.